The van der Waals surface area contributed by atoms with Crippen molar-refractivity contribution in [1.29, 1.82) is 0 Å². The minimum absolute atomic E-state index is 0.0963. The quantitative estimate of drug-likeness (QED) is 0.226. The van der Waals surface area contributed by atoms with Crippen LogP contribution < -0.4 is 26.2 Å². The van der Waals surface area contributed by atoms with E-state index >= 15 is 0 Å². The van der Waals surface area contributed by atoms with Crippen molar-refractivity contribution >= 4 is 34.4 Å². The van der Waals surface area contributed by atoms with Gasteiger partial charge in [0.1, 0.15) is 22.6 Å². The Morgan fingerprint density at radius 1 is 1.02 bits per heavy atom. The van der Waals surface area contributed by atoms with E-state index in [1.807, 2.05) is 82.3 Å². The molecule has 2 aromatic heterocycles. The van der Waals surface area contributed by atoms with E-state index in [-0.39, 0.29) is 17.6 Å². The summed E-state index contributed by atoms with van der Waals surface area (Å²) in [6, 6.07) is 17.1. The summed E-state index contributed by atoms with van der Waals surface area (Å²) in [4.78, 5) is 36.0. The van der Waals surface area contributed by atoms with Crippen LogP contribution in [0.25, 0.3) is 10.9 Å². The van der Waals surface area contributed by atoms with E-state index in [0.29, 0.717) is 29.2 Å². The third-order valence-corrected chi connectivity index (χ3v) is 7.40. The molecule has 0 radical (unpaired) electrons. The predicted molar refractivity (Wildman–Crippen MR) is 169 cm³/mol. The number of nitrogens with zero attached hydrogens (tertiary/aromatic N) is 3. The average molecular weight is 585 g/mol. The molecule has 1 fully saturated rings. The van der Waals surface area contributed by atoms with Crippen LogP contribution in [0.15, 0.2) is 65.6 Å². The number of carbonyl (C=O) groups is 1. The molecule has 2 atom stereocenters. The molecule has 0 aliphatic heterocycles. The smallest absolute Gasteiger partial charge is 0.407 e. The standard InChI is InChI=1S/C33H40N6O4/c1-21-9-8-10-23(19-21)34-29-28-27(17-18-39(30(28)40)20-22-13-15-24(42-5)16-14-22)36-31(38-29)35-25-11-6-7-12-26(25)37-32(41)43-33(2,3)4/h8-10,13-19,25-26H,6-7,11-12,20H2,1-5H3,(H,37,41)(H2,34,35,36,38)/t25-,26+/m1/s1. The summed E-state index contributed by atoms with van der Waals surface area (Å²) in [5.74, 6) is 1.56. The molecular weight excluding hydrogens is 544 g/mol. The fraction of sp³-hybridized carbons (Fsp3) is 0.394. The van der Waals surface area contributed by atoms with Gasteiger partial charge in [0.15, 0.2) is 0 Å². The Morgan fingerprint density at radius 2 is 1.77 bits per heavy atom. The Labute approximate surface area is 251 Å². The number of benzene rings is 2. The first-order chi connectivity index (χ1) is 20.6. The number of ether oxygens (including phenoxy) is 2. The number of methoxy groups -OCH3 is 1. The molecule has 0 spiro atoms. The van der Waals surface area contributed by atoms with E-state index in [0.717, 1.165) is 48.2 Å². The van der Waals surface area contributed by atoms with E-state index < -0.39 is 11.7 Å². The maximum Gasteiger partial charge on any atom is 0.407 e. The number of hydrogen-bond donors (Lipinski definition) is 3. The SMILES string of the molecule is COc1ccc(Cn2ccc3nc(N[C@@H]4CCCC[C@@H]4NC(=O)OC(C)(C)C)nc(Nc4cccc(C)c4)c3c2=O)cc1. The lowest BCUT2D eigenvalue weighted by atomic mass is 9.90. The zero-order chi connectivity index (χ0) is 30.6. The minimum Gasteiger partial charge on any atom is -0.497 e. The lowest BCUT2D eigenvalue weighted by molar-refractivity contribution is 0.0488. The first-order valence-corrected chi connectivity index (χ1v) is 14.7. The highest BCUT2D eigenvalue weighted by atomic mass is 16.6. The molecular formula is C33H40N6O4. The van der Waals surface area contributed by atoms with Gasteiger partial charge in [-0.2, -0.15) is 4.98 Å². The van der Waals surface area contributed by atoms with Gasteiger partial charge in [0.05, 0.1) is 25.2 Å². The van der Waals surface area contributed by atoms with Crippen LogP contribution in [0, 0.1) is 6.92 Å². The second-order valence-corrected chi connectivity index (χ2v) is 12.0. The first-order valence-electron chi connectivity index (χ1n) is 14.7. The summed E-state index contributed by atoms with van der Waals surface area (Å²) in [6.45, 7) is 7.95. The van der Waals surface area contributed by atoms with Crippen molar-refractivity contribution in [3.63, 3.8) is 0 Å². The Morgan fingerprint density at radius 3 is 2.47 bits per heavy atom. The number of rotatable bonds is 8. The lowest BCUT2D eigenvalue weighted by Gasteiger charge is -2.33. The van der Waals surface area contributed by atoms with Crippen LogP contribution in [0.1, 0.15) is 57.6 Å². The van der Waals surface area contributed by atoms with Crippen molar-refractivity contribution in [3.05, 3.63) is 82.3 Å². The summed E-state index contributed by atoms with van der Waals surface area (Å²) in [7, 11) is 1.63. The van der Waals surface area contributed by atoms with E-state index in [9.17, 15) is 9.59 Å². The van der Waals surface area contributed by atoms with Gasteiger partial charge in [0, 0.05) is 17.9 Å². The second-order valence-electron chi connectivity index (χ2n) is 12.0. The van der Waals surface area contributed by atoms with E-state index in [2.05, 4.69) is 16.0 Å². The van der Waals surface area contributed by atoms with Gasteiger partial charge in [-0.3, -0.25) is 4.79 Å². The molecule has 4 aromatic rings. The molecule has 5 rings (SSSR count). The van der Waals surface area contributed by atoms with E-state index in [4.69, 9.17) is 19.4 Å². The molecule has 1 amide bonds. The van der Waals surface area contributed by atoms with Gasteiger partial charge < -0.3 is 30.0 Å². The van der Waals surface area contributed by atoms with Gasteiger partial charge in [0.25, 0.3) is 5.56 Å². The molecule has 0 unspecified atom stereocenters. The van der Waals surface area contributed by atoms with Crippen molar-refractivity contribution in [1.82, 2.24) is 19.9 Å². The number of aromatic nitrogens is 3. The molecule has 10 heteroatoms. The fourth-order valence-electron chi connectivity index (χ4n) is 5.35. The normalized spacial score (nSPS) is 16.9. The van der Waals surface area contributed by atoms with Gasteiger partial charge in [-0.1, -0.05) is 37.1 Å². The second kappa shape index (κ2) is 12.7. The van der Waals surface area contributed by atoms with Crippen molar-refractivity contribution < 1.29 is 14.3 Å². The molecule has 43 heavy (non-hydrogen) atoms. The van der Waals surface area contributed by atoms with E-state index in [1.54, 1.807) is 17.9 Å². The van der Waals surface area contributed by atoms with Gasteiger partial charge in [0.2, 0.25) is 5.95 Å². The van der Waals surface area contributed by atoms with Crippen LogP contribution >= 0.6 is 0 Å². The number of anilines is 3. The van der Waals surface area contributed by atoms with Crippen LogP contribution in [0.3, 0.4) is 0 Å². The molecule has 2 aromatic carbocycles. The molecule has 2 heterocycles. The van der Waals surface area contributed by atoms with Gasteiger partial charge in [-0.05, 0) is 82.0 Å². The minimum atomic E-state index is -0.584. The number of aryl methyl sites for hydroxylation is 1. The highest BCUT2D eigenvalue weighted by molar-refractivity contribution is 5.91. The number of nitrogens with one attached hydrogen (secondary N) is 3. The van der Waals surface area contributed by atoms with Crippen LogP contribution in [-0.2, 0) is 11.3 Å². The lowest BCUT2D eigenvalue weighted by Crippen LogP contribution is -2.50. The topological polar surface area (TPSA) is 119 Å². The average Bonchev–Trinajstić information content (AvgIpc) is 2.95. The monoisotopic (exact) mass is 584 g/mol. The van der Waals surface area contributed by atoms with Crippen LogP contribution in [-0.4, -0.2) is 45.4 Å². The number of fused-ring (bicyclic) bond motifs is 1. The fourth-order valence-corrected chi connectivity index (χ4v) is 5.35. The van der Waals surface area contributed by atoms with Crippen molar-refractivity contribution in [2.75, 3.05) is 17.7 Å². The maximum atomic E-state index is 13.9. The third kappa shape index (κ3) is 7.63. The van der Waals surface area contributed by atoms with Crippen molar-refractivity contribution in [2.45, 2.75) is 77.6 Å². The molecule has 226 valence electrons. The van der Waals surface area contributed by atoms with E-state index in [1.165, 1.54) is 0 Å². The third-order valence-electron chi connectivity index (χ3n) is 7.40. The summed E-state index contributed by atoms with van der Waals surface area (Å²) >= 11 is 0. The predicted octanol–water partition coefficient (Wildman–Crippen LogP) is 6.15. The summed E-state index contributed by atoms with van der Waals surface area (Å²) in [5, 5.41) is 10.3. The van der Waals surface area contributed by atoms with Crippen LogP contribution in [0.2, 0.25) is 0 Å². The Hall–Kier alpha value is -4.60. The summed E-state index contributed by atoms with van der Waals surface area (Å²) in [6.07, 6.45) is 4.99. The number of hydrogen-bond acceptors (Lipinski definition) is 8. The summed E-state index contributed by atoms with van der Waals surface area (Å²) in [5.41, 5.74) is 2.61. The summed E-state index contributed by atoms with van der Waals surface area (Å²) < 4.78 is 12.4. The number of carbonyl (C=O) groups excluding carboxylic acids is 1. The molecule has 1 saturated carbocycles. The molecule has 1 aliphatic rings. The number of amides is 1. The molecule has 3 N–H and O–H groups in total. The van der Waals surface area contributed by atoms with Crippen LogP contribution in [0.5, 0.6) is 5.75 Å². The van der Waals surface area contributed by atoms with Gasteiger partial charge in [-0.25, -0.2) is 9.78 Å². The first kappa shape index (κ1) is 29.9. The zero-order valence-corrected chi connectivity index (χ0v) is 25.4. The zero-order valence-electron chi connectivity index (χ0n) is 25.4. The van der Waals surface area contributed by atoms with Crippen molar-refractivity contribution in [2.24, 2.45) is 0 Å². The maximum absolute atomic E-state index is 13.9. The number of alkyl carbamates (subject to hydrolysis) is 1. The van der Waals surface area contributed by atoms with Crippen molar-refractivity contribution in [3.8, 4) is 5.75 Å². The molecule has 0 saturated heterocycles. The highest BCUT2D eigenvalue weighted by Crippen LogP contribution is 2.27. The van der Waals surface area contributed by atoms with Gasteiger partial charge >= 0.3 is 6.09 Å². The highest BCUT2D eigenvalue weighted by Gasteiger charge is 2.29. The Bertz CT molecular complexity index is 1640. The largest absolute Gasteiger partial charge is 0.497 e. The Balaban J connectivity index is 1.48. The number of pyridine rings is 1. The van der Waals surface area contributed by atoms with Gasteiger partial charge in [-0.15, -0.1) is 0 Å². The van der Waals surface area contributed by atoms with Crippen LogP contribution in [0.4, 0.5) is 22.2 Å². The molecule has 0 bridgehead atoms. The molecule has 1 aliphatic carbocycles. The Kier molecular flexibility index (Phi) is 8.84. The molecule has 10 nitrogen and oxygen atoms in total.